The summed E-state index contributed by atoms with van der Waals surface area (Å²) in [6.07, 6.45) is 2.52. The largest absolute Gasteiger partial charge is 0.453 e. The van der Waals surface area contributed by atoms with Crippen LogP contribution in [-0.2, 0) is 0 Å². The number of carbonyl (C=O) groups excluding carboxylic acids is 1. The first kappa shape index (κ1) is 17.7. The average Bonchev–Trinajstić information content (AvgIpc) is 3.24. The first-order valence-corrected chi connectivity index (χ1v) is 9.42. The minimum Gasteiger partial charge on any atom is -0.453 e. The highest BCUT2D eigenvalue weighted by Crippen LogP contribution is 2.36. The topological polar surface area (TPSA) is 80.5 Å². The van der Waals surface area contributed by atoms with Gasteiger partial charge >= 0.3 is 0 Å². The van der Waals surface area contributed by atoms with Crippen molar-refractivity contribution in [3.63, 3.8) is 0 Å². The van der Waals surface area contributed by atoms with Gasteiger partial charge in [-0.05, 0) is 38.2 Å². The number of carbonyl (C=O) groups is 1. The fourth-order valence-corrected chi connectivity index (χ4v) is 4.10. The highest BCUT2D eigenvalue weighted by atomic mass is 32.1. The van der Waals surface area contributed by atoms with Crippen LogP contribution >= 0.6 is 11.3 Å². The second-order valence-electron chi connectivity index (χ2n) is 6.65. The molecule has 1 unspecified atom stereocenters. The van der Waals surface area contributed by atoms with Gasteiger partial charge in [0.1, 0.15) is 5.75 Å². The van der Waals surface area contributed by atoms with Crippen molar-refractivity contribution in [1.82, 2.24) is 15.2 Å². The predicted octanol–water partition coefficient (Wildman–Crippen LogP) is 3.24. The number of nitrogens with one attached hydrogen (secondary N) is 1. The molecular weight excluding hydrogens is 367 g/mol. The molecule has 1 amide bonds. The molecular formula is C19H19FN4O2S. The van der Waals surface area contributed by atoms with Crippen LogP contribution in [0.2, 0.25) is 0 Å². The van der Waals surface area contributed by atoms with Gasteiger partial charge in [-0.25, -0.2) is 4.39 Å². The lowest BCUT2D eigenvalue weighted by Gasteiger charge is -2.11. The molecule has 3 N–H and O–H groups in total. The molecule has 1 aliphatic heterocycles. The summed E-state index contributed by atoms with van der Waals surface area (Å²) >= 11 is 1.28. The van der Waals surface area contributed by atoms with Crippen molar-refractivity contribution in [2.45, 2.75) is 12.5 Å². The molecule has 4 rings (SSSR count). The van der Waals surface area contributed by atoms with Gasteiger partial charge in [0.05, 0.1) is 15.1 Å². The van der Waals surface area contributed by atoms with Crippen LogP contribution in [0.25, 0.3) is 10.2 Å². The van der Waals surface area contributed by atoms with E-state index in [1.807, 2.05) is 7.05 Å². The van der Waals surface area contributed by atoms with E-state index in [0.717, 1.165) is 19.5 Å². The number of hydrogen-bond acceptors (Lipinski definition) is 6. The number of ether oxygens (including phenoxy) is 1. The molecule has 0 spiro atoms. The number of halogens is 1. The number of fused-ring (bicyclic) bond motifs is 1. The SMILES string of the molecule is CN1CCC(NC(=O)c2cc3nccc(Oc4ccc(N)cc4F)c3s2)C1. The smallest absolute Gasteiger partial charge is 0.261 e. The van der Waals surface area contributed by atoms with Gasteiger partial charge in [0, 0.05) is 36.6 Å². The molecule has 0 radical (unpaired) electrons. The van der Waals surface area contributed by atoms with Gasteiger partial charge in [0.25, 0.3) is 5.91 Å². The Labute approximate surface area is 159 Å². The van der Waals surface area contributed by atoms with Crippen molar-refractivity contribution in [3.8, 4) is 11.5 Å². The lowest BCUT2D eigenvalue weighted by molar-refractivity contribution is 0.0942. The van der Waals surface area contributed by atoms with Gasteiger partial charge in [-0.1, -0.05) is 0 Å². The van der Waals surface area contributed by atoms with Crippen molar-refractivity contribution in [1.29, 1.82) is 0 Å². The van der Waals surface area contributed by atoms with Crippen LogP contribution in [0.3, 0.4) is 0 Å². The van der Waals surface area contributed by atoms with Crippen LogP contribution in [-0.4, -0.2) is 42.0 Å². The van der Waals surface area contributed by atoms with E-state index in [1.165, 1.54) is 23.5 Å². The fraction of sp³-hybridized carbons (Fsp3) is 0.263. The number of amides is 1. The maximum absolute atomic E-state index is 14.0. The number of likely N-dealkylation sites (tertiary alicyclic amines) is 1. The number of pyridine rings is 1. The Morgan fingerprint density at radius 3 is 2.96 bits per heavy atom. The van der Waals surface area contributed by atoms with E-state index in [0.29, 0.717) is 26.5 Å². The van der Waals surface area contributed by atoms with Crippen LogP contribution in [0, 0.1) is 5.82 Å². The molecule has 1 fully saturated rings. The second kappa shape index (κ2) is 7.13. The summed E-state index contributed by atoms with van der Waals surface area (Å²) in [5, 5.41) is 3.06. The molecule has 1 saturated heterocycles. The minimum absolute atomic E-state index is 0.0742. The Balaban J connectivity index is 1.59. The molecule has 0 saturated carbocycles. The first-order valence-electron chi connectivity index (χ1n) is 8.60. The maximum atomic E-state index is 14.0. The summed E-state index contributed by atoms with van der Waals surface area (Å²) in [4.78, 5) is 19.6. The molecule has 1 aromatic carbocycles. The third-order valence-corrected chi connectivity index (χ3v) is 5.64. The number of nitrogens with two attached hydrogens (primary N) is 1. The second-order valence-corrected chi connectivity index (χ2v) is 7.70. The number of hydrogen-bond donors (Lipinski definition) is 2. The lowest BCUT2D eigenvalue weighted by Crippen LogP contribution is -2.36. The van der Waals surface area contributed by atoms with E-state index < -0.39 is 5.82 Å². The zero-order valence-corrected chi connectivity index (χ0v) is 15.6. The van der Waals surface area contributed by atoms with Crippen LogP contribution in [0.1, 0.15) is 16.1 Å². The number of nitrogen functional groups attached to an aromatic ring is 1. The summed E-state index contributed by atoms with van der Waals surface area (Å²) in [7, 11) is 2.04. The van der Waals surface area contributed by atoms with Crippen LogP contribution in [0.15, 0.2) is 36.5 Å². The summed E-state index contributed by atoms with van der Waals surface area (Å²) in [6.45, 7) is 1.82. The molecule has 2 aromatic heterocycles. The molecule has 1 atom stereocenters. The number of nitrogens with zero attached hydrogens (tertiary/aromatic N) is 2. The first-order chi connectivity index (χ1) is 13.0. The third kappa shape index (κ3) is 3.72. The number of benzene rings is 1. The molecule has 0 aliphatic carbocycles. The summed E-state index contributed by atoms with van der Waals surface area (Å²) in [5.74, 6) is -0.138. The highest BCUT2D eigenvalue weighted by Gasteiger charge is 2.23. The van der Waals surface area contributed by atoms with Gasteiger partial charge in [0.15, 0.2) is 11.6 Å². The maximum Gasteiger partial charge on any atom is 0.261 e. The van der Waals surface area contributed by atoms with Gasteiger partial charge in [-0.2, -0.15) is 0 Å². The summed E-state index contributed by atoms with van der Waals surface area (Å²) in [6, 6.07) is 7.81. The van der Waals surface area contributed by atoms with E-state index in [4.69, 9.17) is 10.5 Å². The molecule has 8 heteroatoms. The Bertz CT molecular complexity index is 1010. The van der Waals surface area contributed by atoms with Crippen LogP contribution < -0.4 is 15.8 Å². The Hall–Kier alpha value is -2.71. The lowest BCUT2D eigenvalue weighted by atomic mass is 10.2. The van der Waals surface area contributed by atoms with Crippen molar-refractivity contribution in [3.05, 3.63) is 47.2 Å². The Morgan fingerprint density at radius 1 is 1.37 bits per heavy atom. The van der Waals surface area contributed by atoms with Gasteiger partial charge in [-0.15, -0.1) is 11.3 Å². The zero-order chi connectivity index (χ0) is 19.0. The average molecular weight is 386 g/mol. The van der Waals surface area contributed by atoms with Crippen molar-refractivity contribution < 1.29 is 13.9 Å². The number of likely N-dealkylation sites (N-methyl/N-ethyl adjacent to an activating group) is 1. The minimum atomic E-state index is -0.542. The van der Waals surface area contributed by atoms with Crippen molar-refractivity contribution in [2.24, 2.45) is 0 Å². The molecule has 6 nitrogen and oxygen atoms in total. The van der Waals surface area contributed by atoms with Gasteiger partial charge in [0.2, 0.25) is 0 Å². The van der Waals surface area contributed by atoms with E-state index in [2.05, 4.69) is 15.2 Å². The van der Waals surface area contributed by atoms with Crippen LogP contribution in [0.4, 0.5) is 10.1 Å². The summed E-state index contributed by atoms with van der Waals surface area (Å²) in [5.41, 5.74) is 6.54. The fourth-order valence-electron chi connectivity index (χ4n) is 3.13. The van der Waals surface area contributed by atoms with E-state index in [9.17, 15) is 9.18 Å². The monoisotopic (exact) mass is 386 g/mol. The highest BCUT2D eigenvalue weighted by molar-refractivity contribution is 7.21. The molecule has 140 valence electrons. The van der Waals surface area contributed by atoms with Crippen molar-refractivity contribution >= 4 is 33.1 Å². The van der Waals surface area contributed by atoms with Gasteiger partial charge < -0.3 is 20.7 Å². The Morgan fingerprint density at radius 2 is 2.22 bits per heavy atom. The molecule has 3 heterocycles. The van der Waals surface area contributed by atoms with E-state index in [-0.39, 0.29) is 17.7 Å². The van der Waals surface area contributed by atoms with E-state index in [1.54, 1.807) is 24.4 Å². The number of aromatic nitrogens is 1. The predicted molar refractivity (Wildman–Crippen MR) is 104 cm³/mol. The molecule has 0 bridgehead atoms. The molecule has 3 aromatic rings. The number of rotatable bonds is 4. The summed E-state index contributed by atoms with van der Waals surface area (Å²) < 4.78 is 20.5. The quantitative estimate of drug-likeness (QED) is 0.673. The standard InChI is InChI=1S/C19H19FN4O2S/c1-24-7-5-12(10-24)23-19(25)17-9-14-18(27-17)16(4-6-22-14)26-15-3-2-11(21)8-13(15)20/h2-4,6,8-9,12H,5,7,10,21H2,1H3,(H,23,25). The van der Waals surface area contributed by atoms with Crippen LogP contribution in [0.5, 0.6) is 11.5 Å². The normalized spacial score (nSPS) is 17.3. The number of thiophene rings is 1. The molecule has 1 aliphatic rings. The molecule has 27 heavy (non-hydrogen) atoms. The third-order valence-electron chi connectivity index (χ3n) is 4.50. The zero-order valence-electron chi connectivity index (χ0n) is 14.7. The van der Waals surface area contributed by atoms with Crippen molar-refractivity contribution in [2.75, 3.05) is 25.9 Å². The number of anilines is 1. The van der Waals surface area contributed by atoms with Gasteiger partial charge in [-0.3, -0.25) is 9.78 Å². The Kier molecular flexibility index (Phi) is 4.67. The van der Waals surface area contributed by atoms with E-state index >= 15 is 0 Å².